The van der Waals surface area contributed by atoms with E-state index in [1.165, 1.54) is 0 Å². The number of carbonyl (C=O) groups is 1. The quantitative estimate of drug-likeness (QED) is 0.823. The molecule has 94 valence electrons. The molecule has 0 unspecified atom stereocenters. The van der Waals surface area contributed by atoms with Gasteiger partial charge in [0.2, 0.25) is 5.91 Å². The Labute approximate surface area is 103 Å². The summed E-state index contributed by atoms with van der Waals surface area (Å²) in [4.78, 5) is 11.3. The number of nitrogens with one attached hydrogen (secondary N) is 1. The second kappa shape index (κ2) is 6.94. The van der Waals surface area contributed by atoms with Crippen molar-refractivity contribution in [2.45, 2.75) is 40.2 Å². The first-order valence-corrected chi connectivity index (χ1v) is 6.16. The molecule has 1 N–H and O–H groups in total. The molecule has 1 rings (SSSR count). The van der Waals surface area contributed by atoms with Crippen molar-refractivity contribution in [2.24, 2.45) is 0 Å². The van der Waals surface area contributed by atoms with Crippen molar-refractivity contribution in [3.63, 3.8) is 0 Å². The van der Waals surface area contributed by atoms with Gasteiger partial charge in [-0.1, -0.05) is 19.1 Å². The van der Waals surface area contributed by atoms with Crippen molar-refractivity contribution in [2.75, 3.05) is 6.61 Å². The van der Waals surface area contributed by atoms with Crippen LogP contribution in [0.4, 0.5) is 0 Å². The van der Waals surface area contributed by atoms with Gasteiger partial charge in [-0.3, -0.25) is 4.79 Å². The number of hydrogen-bond donors (Lipinski definition) is 1. The maximum absolute atomic E-state index is 11.3. The average molecular weight is 235 g/mol. The molecule has 1 aromatic carbocycles. The highest BCUT2D eigenvalue weighted by Gasteiger charge is 2.02. The lowest BCUT2D eigenvalue weighted by Gasteiger charge is -2.09. The molecule has 0 aromatic heterocycles. The normalized spacial score (nSPS) is 10.1. The third kappa shape index (κ3) is 4.47. The van der Waals surface area contributed by atoms with Gasteiger partial charge in [0.15, 0.2) is 0 Å². The number of amides is 1. The molecule has 3 heteroatoms. The summed E-state index contributed by atoms with van der Waals surface area (Å²) in [5.41, 5.74) is 2.21. The Hall–Kier alpha value is -1.51. The molecule has 0 spiro atoms. The van der Waals surface area contributed by atoms with Gasteiger partial charge in [0, 0.05) is 13.0 Å². The van der Waals surface area contributed by atoms with Gasteiger partial charge in [-0.05, 0) is 37.5 Å². The summed E-state index contributed by atoms with van der Waals surface area (Å²) < 4.78 is 5.47. The summed E-state index contributed by atoms with van der Waals surface area (Å²) >= 11 is 0. The van der Waals surface area contributed by atoms with Gasteiger partial charge in [0.05, 0.1) is 6.61 Å². The van der Waals surface area contributed by atoms with Crippen molar-refractivity contribution >= 4 is 5.91 Å². The van der Waals surface area contributed by atoms with E-state index in [0.29, 0.717) is 19.6 Å². The van der Waals surface area contributed by atoms with E-state index in [1.54, 1.807) is 0 Å². The van der Waals surface area contributed by atoms with Crippen LogP contribution >= 0.6 is 0 Å². The zero-order valence-electron chi connectivity index (χ0n) is 10.9. The molecular formula is C14H21NO2. The first-order valence-electron chi connectivity index (χ1n) is 6.16. The van der Waals surface area contributed by atoms with E-state index in [4.69, 9.17) is 4.74 Å². The molecule has 1 amide bonds. The van der Waals surface area contributed by atoms with E-state index in [-0.39, 0.29) is 5.91 Å². The highest BCUT2D eigenvalue weighted by Crippen LogP contribution is 2.18. The maximum Gasteiger partial charge on any atom is 0.220 e. The van der Waals surface area contributed by atoms with Crippen LogP contribution in [0.3, 0.4) is 0 Å². The van der Waals surface area contributed by atoms with Gasteiger partial charge < -0.3 is 10.1 Å². The Morgan fingerprint density at radius 1 is 1.35 bits per heavy atom. The standard InChI is InChI=1S/C14H21NO2/c1-4-6-14(16)15-10-12-7-8-13(17-5-2)11(3)9-12/h7-9H,4-6,10H2,1-3H3,(H,15,16). The van der Waals surface area contributed by atoms with E-state index >= 15 is 0 Å². The summed E-state index contributed by atoms with van der Waals surface area (Å²) in [5.74, 6) is 1.02. The Kier molecular flexibility index (Phi) is 5.53. The molecule has 0 radical (unpaired) electrons. The Morgan fingerprint density at radius 2 is 2.12 bits per heavy atom. The minimum absolute atomic E-state index is 0.110. The number of aryl methyl sites for hydroxylation is 1. The van der Waals surface area contributed by atoms with Gasteiger partial charge in [-0.2, -0.15) is 0 Å². The van der Waals surface area contributed by atoms with Crippen molar-refractivity contribution in [3.8, 4) is 5.75 Å². The summed E-state index contributed by atoms with van der Waals surface area (Å²) in [7, 11) is 0. The molecule has 0 heterocycles. The van der Waals surface area contributed by atoms with E-state index in [0.717, 1.165) is 23.3 Å². The molecule has 0 fully saturated rings. The molecule has 0 bridgehead atoms. The number of benzene rings is 1. The van der Waals surface area contributed by atoms with Crippen LogP contribution in [0, 0.1) is 6.92 Å². The summed E-state index contributed by atoms with van der Waals surface area (Å²) in [6.07, 6.45) is 1.48. The Balaban J connectivity index is 2.55. The van der Waals surface area contributed by atoms with Gasteiger partial charge in [-0.25, -0.2) is 0 Å². The second-order valence-electron chi connectivity index (χ2n) is 4.06. The van der Waals surface area contributed by atoms with Crippen LogP contribution in [0.2, 0.25) is 0 Å². The largest absolute Gasteiger partial charge is 0.494 e. The fraction of sp³-hybridized carbons (Fsp3) is 0.500. The van der Waals surface area contributed by atoms with Gasteiger partial charge in [0.25, 0.3) is 0 Å². The van der Waals surface area contributed by atoms with Crippen molar-refractivity contribution < 1.29 is 9.53 Å². The van der Waals surface area contributed by atoms with Crippen molar-refractivity contribution in [3.05, 3.63) is 29.3 Å². The van der Waals surface area contributed by atoms with Crippen LogP contribution in [-0.2, 0) is 11.3 Å². The first kappa shape index (κ1) is 13.6. The summed E-state index contributed by atoms with van der Waals surface area (Å²) in [6, 6.07) is 6.00. The van der Waals surface area contributed by atoms with Crippen LogP contribution in [0.1, 0.15) is 37.8 Å². The molecule has 0 saturated heterocycles. The summed E-state index contributed by atoms with van der Waals surface area (Å²) in [6.45, 7) is 7.25. The molecular weight excluding hydrogens is 214 g/mol. The zero-order chi connectivity index (χ0) is 12.7. The molecule has 0 aliphatic rings. The Morgan fingerprint density at radius 3 is 2.71 bits per heavy atom. The smallest absolute Gasteiger partial charge is 0.220 e. The van der Waals surface area contributed by atoms with E-state index in [9.17, 15) is 4.79 Å². The van der Waals surface area contributed by atoms with Crippen LogP contribution < -0.4 is 10.1 Å². The average Bonchev–Trinajstić information content (AvgIpc) is 2.30. The minimum Gasteiger partial charge on any atom is -0.494 e. The Bertz CT molecular complexity index is 374. The molecule has 3 nitrogen and oxygen atoms in total. The molecule has 0 aliphatic heterocycles. The van der Waals surface area contributed by atoms with Crippen LogP contribution in [0.25, 0.3) is 0 Å². The number of hydrogen-bond acceptors (Lipinski definition) is 2. The van der Waals surface area contributed by atoms with Crippen LogP contribution in [-0.4, -0.2) is 12.5 Å². The fourth-order valence-electron chi connectivity index (χ4n) is 1.66. The first-order chi connectivity index (χ1) is 8.17. The molecule has 17 heavy (non-hydrogen) atoms. The number of rotatable bonds is 6. The third-order valence-corrected chi connectivity index (χ3v) is 2.51. The highest BCUT2D eigenvalue weighted by molar-refractivity contribution is 5.75. The molecule has 1 aromatic rings. The van der Waals surface area contributed by atoms with Crippen LogP contribution in [0.15, 0.2) is 18.2 Å². The van der Waals surface area contributed by atoms with Crippen molar-refractivity contribution in [1.29, 1.82) is 0 Å². The SMILES string of the molecule is CCCC(=O)NCc1ccc(OCC)c(C)c1. The van der Waals surface area contributed by atoms with Gasteiger partial charge in [0.1, 0.15) is 5.75 Å². The van der Waals surface area contributed by atoms with Crippen molar-refractivity contribution in [1.82, 2.24) is 5.32 Å². The van der Waals surface area contributed by atoms with E-state index in [2.05, 4.69) is 11.4 Å². The maximum atomic E-state index is 11.3. The zero-order valence-corrected chi connectivity index (χ0v) is 10.9. The predicted octanol–water partition coefficient (Wildman–Crippen LogP) is 2.81. The van der Waals surface area contributed by atoms with E-state index in [1.807, 2.05) is 32.9 Å². The molecule has 0 aliphatic carbocycles. The fourth-order valence-corrected chi connectivity index (χ4v) is 1.66. The lowest BCUT2D eigenvalue weighted by atomic mass is 10.1. The lowest BCUT2D eigenvalue weighted by Crippen LogP contribution is -2.22. The van der Waals surface area contributed by atoms with Crippen LogP contribution in [0.5, 0.6) is 5.75 Å². The topological polar surface area (TPSA) is 38.3 Å². The van der Waals surface area contributed by atoms with E-state index < -0.39 is 0 Å². The highest BCUT2D eigenvalue weighted by atomic mass is 16.5. The van der Waals surface area contributed by atoms with Gasteiger partial charge >= 0.3 is 0 Å². The molecule has 0 saturated carbocycles. The molecule has 0 atom stereocenters. The number of carbonyl (C=O) groups excluding carboxylic acids is 1. The lowest BCUT2D eigenvalue weighted by molar-refractivity contribution is -0.121. The number of ether oxygens (including phenoxy) is 1. The second-order valence-corrected chi connectivity index (χ2v) is 4.06. The summed E-state index contributed by atoms with van der Waals surface area (Å²) in [5, 5.41) is 2.90. The predicted molar refractivity (Wildman–Crippen MR) is 69.1 cm³/mol. The third-order valence-electron chi connectivity index (χ3n) is 2.51. The van der Waals surface area contributed by atoms with Gasteiger partial charge in [-0.15, -0.1) is 0 Å². The minimum atomic E-state index is 0.110. The monoisotopic (exact) mass is 235 g/mol.